The molecule has 5 nitrogen and oxygen atoms in total. The molecular formula is C12H19N3O2S. The summed E-state index contributed by atoms with van der Waals surface area (Å²) in [5, 5.41) is 13.1. The molecule has 1 atom stereocenters. The summed E-state index contributed by atoms with van der Waals surface area (Å²) in [6.07, 6.45) is 2.42. The number of rotatable bonds is 4. The van der Waals surface area contributed by atoms with Crippen molar-refractivity contribution in [1.82, 2.24) is 9.27 Å². The lowest BCUT2D eigenvalue weighted by Gasteiger charge is -2.29. The van der Waals surface area contributed by atoms with Crippen molar-refractivity contribution in [3.05, 3.63) is 11.3 Å². The smallest absolute Gasteiger partial charge is 0.340 e. The number of hydrogen-bond donors (Lipinski definition) is 2. The molecule has 0 saturated carbocycles. The number of nitrogens with zero attached hydrogens (tertiary/aromatic N) is 2. The Hall–Kier alpha value is -1.14. The van der Waals surface area contributed by atoms with E-state index in [1.54, 1.807) is 6.92 Å². The van der Waals surface area contributed by atoms with Crippen LogP contribution in [0.15, 0.2) is 0 Å². The SMILES string of the molecule is Cc1nsc(NCC2CCCN(C)C2)c1C(=O)O. The maximum absolute atomic E-state index is 11.1. The van der Waals surface area contributed by atoms with Crippen LogP contribution in [-0.2, 0) is 0 Å². The first-order valence-electron chi connectivity index (χ1n) is 6.20. The van der Waals surface area contributed by atoms with Gasteiger partial charge in [0.05, 0.1) is 5.69 Å². The lowest BCUT2D eigenvalue weighted by Crippen LogP contribution is -2.35. The fourth-order valence-corrected chi connectivity index (χ4v) is 3.21. The van der Waals surface area contributed by atoms with Crippen LogP contribution in [0.3, 0.4) is 0 Å². The Morgan fingerprint density at radius 1 is 1.67 bits per heavy atom. The molecule has 100 valence electrons. The Morgan fingerprint density at radius 3 is 3.11 bits per heavy atom. The zero-order valence-corrected chi connectivity index (χ0v) is 11.6. The van der Waals surface area contributed by atoms with Crippen molar-refractivity contribution >= 4 is 22.5 Å². The fraction of sp³-hybridized carbons (Fsp3) is 0.667. The highest BCUT2D eigenvalue weighted by molar-refractivity contribution is 7.10. The van der Waals surface area contributed by atoms with Crippen LogP contribution in [0, 0.1) is 12.8 Å². The molecule has 1 aliphatic rings. The third-order valence-electron chi connectivity index (χ3n) is 3.35. The molecule has 1 fully saturated rings. The molecule has 1 saturated heterocycles. The van der Waals surface area contributed by atoms with E-state index in [4.69, 9.17) is 5.11 Å². The molecule has 0 amide bonds. The molecular weight excluding hydrogens is 250 g/mol. The van der Waals surface area contributed by atoms with Crippen LogP contribution >= 0.6 is 11.5 Å². The average molecular weight is 269 g/mol. The van der Waals surface area contributed by atoms with Gasteiger partial charge in [-0.2, -0.15) is 4.37 Å². The number of nitrogens with one attached hydrogen (secondary N) is 1. The third kappa shape index (κ3) is 3.00. The Bertz CT molecular complexity index is 433. The van der Waals surface area contributed by atoms with Gasteiger partial charge in [-0.3, -0.25) is 0 Å². The van der Waals surface area contributed by atoms with E-state index >= 15 is 0 Å². The van der Waals surface area contributed by atoms with E-state index in [0.29, 0.717) is 22.2 Å². The molecule has 2 N–H and O–H groups in total. The molecule has 6 heteroatoms. The lowest BCUT2D eigenvalue weighted by atomic mass is 9.98. The maximum Gasteiger partial charge on any atom is 0.340 e. The summed E-state index contributed by atoms with van der Waals surface area (Å²) in [7, 11) is 2.13. The van der Waals surface area contributed by atoms with Gasteiger partial charge < -0.3 is 15.3 Å². The Morgan fingerprint density at radius 2 is 2.44 bits per heavy atom. The summed E-state index contributed by atoms with van der Waals surface area (Å²) in [5.74, 6) is -0.308. The van der Waals surface area contributed by atoms with Crippen LogP contribution < -0.4 is 5.32 Å². The van der Waals surface area contributed by atoms with E-state index in [0.717, 1.165) is 19.6 Å². The van der Waals surface area contributed by atoms with Gasteiger partial charge in [0.15, 0.2) is 0 Å². The van der Waals surface area contributed by atoms with E-state index in [1.165, 1.54) is 24.4 Å². The summed E-state index contributed by atoms with van der Waals surface area (Å²) in [6, 6.07) is 0. The van der Waals surface area contributed by atoms with Crippen molar-refractivity contribution in [3.8, 4) is 0 Å². The highest BCUT2D eigenvalue weighted by Crippen LogP contribution is 2.25. The van der Waals surface area contributed by atoms with Crippen LogP contribution in [0.25, 0.3) is 0 Å². The largest absolute Gasteiger partial charge is 0.478 e. The van der Waals surface area contributed by atoms with Gasteiger partial charge in [0.2, 0.25) is 0 Å². The van der Waals surface area contributed by atoms with E-state index in [9.17, 15) is 4.79 Å². The van der Waals surface area contributed by atoms with Crippen LogP contribution in [0.4, 0.5) is 5.00 Å². The molecule has 1 aliphatic heterocycles. The van der Waals surface area contributed by atoms with Crippen molar-refractivity contribution < 1.29 is 9.90 Å². The first-order chi connectivity index (χ1) is 8.58. The topological polar surface area (TPSA) is 65.5 Å². The van der Waals surface area contributed by atoms with Crippen molar-refractivity contribution in [2.24, 2.45) is 5.92 Å². The highest BCUT2D eigenvalue weighted by atomic mass is 32.1. The number of piperidine rings is 1. The van der Waals surface area contributed by atoms with Crippen LogP contribution in [0.2, 0.25) is 0 Å². The molecule has 0 spiro atoms. The van der Waals surface area contributed by atoms with Crippen molar-refractivity contribution in [3.63, 3.8) is 0 Å². The average Bonchev–Trinajstić information content (AvgIpc) is 2.68. The third-order valence-corrected chi connectivity index (χ3v) is 4.25. The summed E-state index contributed by atoms with van der Waals surface area (Å²) in [4.78, 5) is 13.5. The molecule has 0 radical (unpaired) electrons. The lowest BCUT2D eigenvalue weighted by molar-refractivity contribution is 0.0697. The van der Waals surface area contributed by atoms with Gasteiger partial charge >= 0.3 is 5.97 Å². The second-order valence-corrected chi connectivity index (χ2v) is 5.70. The molecule has 0 aliphatic carbocycles. The van der Waals surface area contributed by atoms with Crippen LogP contribution in [0.5, 0.6) is 0 Å². The predicted octanol–water partition coefficient (Wildman–Crippen LogP) is 1.90. The van der Waals surface area contributed by atoms with E-state index < -0.39 is 5.97 Å². The molecule has 2 rings (SSSR count). The number of carbonyl (C=O) groups is 1. The predicted molar refractivity (Wildman–Crippen MR) is 72.5 cm³/mol. The Balaban J connectivity index is 1.96. The second-order valence-electron chi connectivity index (χ2n) is 4.93. The molecule has 1 aromatic heterocycles. The number of aromatic carboxylic acids is 1. The monoisotopic (exact) mass is 269 g/mol. The summed E-state index contributed by atoms with van der Waals surface area (Å²) in [5.41, 5.74) is 0.917. The van der Waals surface area contributed by atoms with Gasteiger partial charge in [0, 0.05) is 13.1 Å². The number of carboxylic acids is 1. The number of hydrogen-bond acceptors (Lipinski definition) is 5. The van der Waals surface area contributed by atoms with Crippen LogP contribution in [0.1, 0.15) is 28.9 Å². The first-order valence-corrected chi connectivity index (χ1v) is 6.97. The second kappa shape index (κ2) is 5.67. The summed E-state index contributed by atoms with van der Waals surface area (Å²) < 4.78 is 4.10. The van der Waals surface area contributed by atoms with Crippen molar-refractivity contribution in [2.45, 2.75) is 19.8 Å². The number of likely N-dealkylation sites (tertiary alicyclic amines) is 1. The van der Waals surface area contributed by atoms with Gasteiger partial charge in [-0.05, 0) is 50.8 Å². The molecule has 1 aromatic rings. The van der Waals surface area contributed by atoms with Gasteiger partial charge in [-0.25, -0.2) is 4.79 Å². The number of aromatic nitrogens is 1. The Kier molecular flexibility index (Phi) is 4.19. The first kappa shape index (κ1) is 13.3. The minimum absolute atomic E-state index is 0.323. The minimum atomic E-state index is -0.899. The zero-order valence-electron chi connectivity index (χ0n) is 10.8. The number of aryl methyl sites for hydroxylation is 1. The van der Waals surface area contributed by atoms with E-state index in [2.05, 4.69) is 21.6 Å². The summed E-state index contributed by atoms with van der Waals surface area (Å²) >= 11 is 1.24. The quantitative estimate of drug-likeness (QED) is 0.874. The highest BCUT2D eigenvalue weighted by Gasteiger charge is 2.20. The maximum atomic E-state index is 11.1. The molecule has 1 unspecified atom stereocenters. The van der Waals surface area contributed by atoms with Crippen molar-refractivity contribution in [1.29, 1.82) is 0 Å². The number of anilines is 1. The van der Waals surface area contributed by atoms with Gasteiger partial charge in [-0.15, -0.1) is 0 Å². The molecule has 0 bridgehead atoms. The zero-order chi connectivity index (χ0) is 13.1. The van der Waals surface area contributed by atoms with E-state index in [1.807, 2.05) is 0 Å². The van der Waals surface area contributed by atoms with Gasteiger partial charge in [0.1, 0.15) is 10.6 Å². The van der Waals surface area contributed by atoms with Gasteiger partial charge in [0.25, 0.3) is 0 Å². The molecule has 0 aromatic carbocycles. The Labute approximate surface area is 111 Å². The molecule has 18 heavy (non-hydrogen) atoms. The van der Waals surface area contributed by atoms with E-state index in [-0.39, 0.29) is 0 Å². The fourth-order valence-electron chi connectivity index (χ4n) is 2.42. The molecule has 2 heterocycles. The van der Waals surface area contributed by atoms with Crippen molar-refractivity contribution in [2.75, 3.05) is 32.0 Å². The standard InChI is InChI=1S/C12H19N3O2S/c1-8-10(12(16)17)11(18-14-8)13-6-9-4-3-5-15(2)7-9/h9,13H,3-7H2,1-2H3,(H,16,17). The van der Waals surface area contributed by atoms with Gasteiger partial charge in [-0.1, -0.05) is 0 Å². The normalized spacial score (nSPS) is 20.9. The van der Waals surface area contributed by atoms with Crippen LogP contribution in [-0.4, -0.2) is 47.0 Å². The summed E-state index contributed by atoms with van der Waals surface area (Å²) in [6.45, 7) is 4.80. The number of carboxylic acid groups (broad SMARTS) is 1. The minimum Gasteiger partial charge on any atom is -0.478 e.